The van der Waals surface area contributed by atoms with E-state index in [0.29, 0.717) is 11.8 Å². The third kappa shape index (κ3) is 5.01. The van der Waals surface area contributed by atoms with E-state index in [2.05, 4.69) is 212 Å². The topological polar surface area (TPSA) is 6.48 Å². The lowest BCUT2D eigenvalue weighted by atomic mass is 9.31. The summed E-state index contributed by atoms with van der Waals surface area (Å²) >= 11 is 0. The normalized spacial score (nSPS) is 13.9. The summed E-state index contributed by atoms with van der Waals surface area (Å²) in [6.07, 6.45) is 0. The lowest BCUT2D eigenvalue weighted by Crippen LogP contribution is -2.60. The van der Waals surface area contributed by atoms with Gasteiger partial charge in [0.15, 0.2) is 0 Å². The number of para-hydroxylation sites is 2. The Morgan fingerprint density at radius 2 is 0.721 bits per heavy atom. The molecule has 2 nitrogen and oxygen atoms in total. The van der Waals surface area contributed by atoms with Crippen molar-refractivity contribution in [3.05, 3.63) is 178 Å². The van der Waals surface area contributed by atoms with Gasteiger partial charge in [-0.05, 0) is 200 Å². The van der Waals surface area contributed by atoms with Crippen LogP contribution in [0.15, 0.2) is 133 Å². The minimum Gasteiger partial charge on any atom is -0.311 e. The molecule has 4 heteroatoms. The average Bonchev–Trinajstić information content (AvgIpc) is 3.31. The van der Waals surface area contributed by atoms with Crippen molar-refractivity contribution in [2.45, 2.75) is 81.1 Å². The predicted octanol–water partition coefficient (Wildman–Crippen LogP) is 13.2. The Morgan fingerprint density at radius 3 is 1.10 bits per heavy atom. The van der Waals surface area contributed by atoms with Crippen molar-refractivity contribution in [1.29, 1.82) is 0 Å². The first kappa shape index (κ1) is 40.1. The molecule has 10 aromatic rings. The highest BCUT2D eigenvalue weighted by Crippen LogP contribution is 2.52. The molecule has 4 aliphatic heterocycles. The molecule has 4 heterocycles. The zero-order chi connectivity index (χ0) is 46.3. The highest BCUT2D eigenvalue weighted by atomic mass is 15.2. The molecule has 68 heavy (non-hydrogen) atoms. The number of rotatable bonds is 4. The van der Waals surface area contributed by atoms with E-state index in [0.717, 1.165) is 0 Å². The van der Waals surface area contributed by atoms with Crippen LogP contribution in [0.5, 0.6) is 0 Å². The van der Waals surface area contributed by atoms with Crippen LogP contribution in [0.25, 0.3) is 54.6 Å². The van der Waals surface area contributed by atoms with Gasteiger partial charge in [-0.15, -0.1) is 0 Å². The maximum Gasteiger partial charge on any atom is 0.248 e. The molecule has 0 N–H and O–H groups in total. The van der Waals surface area contributed by atoms with E-state index in [1.165, 1.54) is 166 Å². The van der Waals surface area contributed by atoms with Gasteiger partial charge in [0.25, 0.3) is 0 Å². The molecule has 10 aromatic carbocycles. The van der Waals surface area contributed by atoms with Gasteiger partial charge in [0.05, 0.1) is 11.4 Å². The first-order valence-corrected chi connectivity index (χ1v) is 25.0. The zero-order valence-corrected chi connectivity index (χ0v) is 40.9. The molecule has 0 aliphatic carbocycles. The summed E-state index contributed by atoms with van der Waals surface area (Å²) in [7, 11) is 0. The largest absolute Gasteiger partial charge is 0.311 e. The SMILES string of the molecule is Cc1cc(C)c(N2c3ccccc3B3c4c(cccc42)-c2cc(C(C)C)c4cc5c6c(cc(C(C)C)c7cc3c2c4c76)-c2cccc3c2B5c2ccccc2N3c2c(C)cc(C)cc2C)c(C)c1. The molecule has 0 aromatic heterocycles. The summed E-state index contributed by atoms with van der Waals surface area (Å²) in [4.78, 5) is 5.19. The van der Waals surface area contributed by atoms with E-state index < -0.39 is 0 Å². The number of hydrogen-bond donors (Lipinski definition) is 0. The summed E-state index contributed by atoms with van der Waals surface area (Å²) in [5.74, 6) is 0.631. The molecule has 0 bridgehead atoms. The third-order valence-electron chi connectivity index (χ3n) is 16.6. The second-order valence-corrected chi connectivity index (χ2v) is 21.5. The Bertz CT molecular complexity index is 3610. The number of benzene rings is 10. The van der Waals surface area contributed by atoms with Crippen LogP contribution in [0.1, 0.15) is 84.0 Å². The predicted molar refractivity (Wildman–Crippen MR) is 296 cm³/mol. The number of aryl methyl sites for hydroxylation is 6. The molecule has 0 amide bonds. The molecule has 0 unspecified atom stereocenters. The standard InChI is InChI=1S/C64H54B2N2/c1-33(2)43-29-45-41-17-15-23-55-61(41)66(50-20-12-14-22-54(50)67(55)63-37(7)25-35(5)26-38(63)8)52-32-48-44(34(3)4)30-46-42-18-16-24-56-62(42)65(51-31-47(43)59(57(45)52)60(48)58(46)51)49-19-11-13-21-53(49)68(56)64-39(9)27-36(6)28-40(64)10/h11-34H,1-10H3. The quantitative estimate of drug-likeness (QED) is 0.128. The van der Waals surface area contributed by atoms with Crippen molar-refractivity contribution < 1.29 is 0 Å². The number of nitrogens with zero attached hydrogens (tertiary/aromatic N) is 2. The van der Waals surface area contributed by atoms with Crippen molar-refractivity contribution in [2.24, 2.45) is 0 Å². The van der Waals surface area contributed by atoms with Gasteiger partial charge in [-0.1, -0.05) is 147 Å². The lowest BCUT2D eigenvalue weighted by molar-refractivity contribution is 0.876. The Morgan fingerprint density at radius 1 is 0.353 bits per heavy atom. The van der Waals surface area contributed by atoms with Crippen molar-refractivity contribution in [3.8, 4) is 22.3 Å². The number of fused-ring (bicyclic) bond motifs is 8. The zero-order valence-electron chi connectivity index (χ0n) is 40.9. The Hall–Kier alpha value is -7.03. The maximum absolute atomic E-state index is 2.68. The number of hydrogen-bond acceptors (Lipinski definition) is 2. The van der Waals surface area contributed by atoms with Crippen molar-refractivity contribution >= 4 is 113 Å². The summed E-state index contributed by atoms with van der Waals surface area (Å²) in [6, 6.07) is 52.9. The van der Waals surface area contributed by atoms with Crippen LogP contribution in [0.2, 0.25) is 0 Å². The smallest absolute Gasteiger partial charge is 0.248 e. The fourth-order valence-corrected chi connectivity index (χ4v) is 14.4. The molecular weight excluding hydrogens is 818 g/mol. The van der Waals surface area contributed by atoms with Crippen LogP contribution in [0.4, 0.5) is 34.1 Å². The van der Waals surface area contributed by atoms with E-state index >= 15 is 0 Å². The Labute approximate surface area is 401 Å². The highest BCUT2D eigenvalue weighted by molar-refractivity contribution is 7.02. The molecule has 0 fully saturated rings. The highest BCUT2D eigenvalue weighted by Gasteiger charge is 2.45. The monoisotopic (exact) mass is 872 g/mol. The molecule has 326 valence electrons. The van der Waals surface area contributed by atoms with E-state index in [4.69, 9.17) is 0 Å². The summed E-state index contributed by atoms with van der Waals surface area (Å²) < 4.78 is 0. The minimum atomic E-state index is 0.0870. The molecule has 14 rings (SSSR count). The molecular formula is C64H54B2N2. The van der Waals surface area contributed by atoms with Crippen LogP contribution >= 0.6 is 0 Å². The van der Waals surface area contributed by atoms with E-state index in [1.807, 2.05) is 0 Å². The summed E-state index contributed by atoms with van der Waals surface area (Å²) in [6.45, 7) is 23.4. The van der Waals surface area contributed by atoms with Gasteiger partial charge in [-0.2, -0.15) is 0 Å². The van der Waals surface area contributed by atoms with Gasteiger partial charge in [0.1, 0.15) is 0 Å². The van der Waals surface area contributed by atoms with Gasteiger partial charge in [-0.25, -0.2) is 0 Å². The van der Waals surface area contributed by atoms with Gasteiger partial charge in [0, 0.05) is 22.7 Å². The van der Waals surface area contributed by atoms with Gasteiger partial charge in [0.2, 0.25) is 13.4 Å². The average molecular weight is 873 g/mol. The van der Waals surface area contributed by atoms with Crippen LogP contribution < -0.4 is 42.6 Å². The maximum atomic E-state index is 2.68. The Kier molecular flexibility index (Phi) is 8.13. The second-order valence-electron chi connectivity index (χ2n) is 21.5. The fourth-order valence-electron chi connectivity index (χ4n) is 14.4. The molecule has 0 saturated carbocycles. The first-order chi connectivity index (χ1) is 32.9. The van der Waals surface area contributed by atoms with Crippen molar-refractivity contribution in [3.63, 3.8) is 0 Å². The Balaban J connectivity index is 1.14. The van der Waals surface area contributed by atoms with Gasteiger partial charge < -0.3 is 9.80 Å². The second kappa shape index (κ2) is 13.8. The van der Waals surface area contributed by atoms with Crippen LogP contribution in [-0.4, -0.2) is 13.4 Å². The summed E-state index contributed by atoms with van der Waals surface area (Å²) in [5, 5.41) is 8.63. The first-order valence-electron chi connectivity index (χ1n) is 25.0. The summed E-state index contributed by atoms with van der Waals surface area (Å²) in [5.41, 5.74) is 32.5. The van der Waals surface area contributed by atoms with Crippen LogP contribution in [0, 0.1) is 41.5 Å². The molecule has 0 radical (unpaired) electrons. The molecule has 0 saturated heterocycles. The third-order valence-corrected chi connectivity index (χ3v) is 16.6. The molecule has 4 aliphatic rings. The lowest BCUT2D eigenvalue weighted by Gasteiger charge is -2.43. The van der Waals surface area contributed by atoms with E-state index in [9.17, 15) is 0 Å². The molecule has 0 spiro atoms. The van der Waals surface area contributed by atoms with Gasteiger partial charge >= 0.3 is 0 Å². The van der Waals surface area contributed by atoms with Crippen molar-refractivity contribution in [1.82, 2.24) is 0 Å². The fraction of sp³-hybridized carbons (Fsp3) is 0.188. The van der Waals surface area contributed by atoms with Crippen LogP contribution in [0.3, 0.4) is 0 Å². The van der Waals surface area contributed by atoms with Crippen LogP contribution in [-0.2, 0) is 0 Å². The minimum absolute atomic E-state index is 0.0870. The number of anilines is 6. The van der Waals surface area contributed by atoms with Crippen molar-refractivity contribution in [2.75, 3.05) is 9.80 Å². The van der Waals surface area contributed by atoms with E-state index in [-0.39, 0.29) is 13.4 Å². The molecule has 0 atom stereocenters. The van der Waals surface area contributed by atoms with E-state index in [1.54, 1.807) is 0 Å². The van der Waals surface area contributed by atoms with Gasteiger partial charge in [-0.3, -0.25) is 0 Å².